The summed E-state index contributed by atoms with van der Waals surface area (Å²) in [5.74, 6) is -0.188. The van der Waals surface area contributed by atoms with Crippen LogP contribution in [0.3, 0.4) is 0 Å². The first kappa shape index (κ1) is 26.9. The average Bonchev–Trinajstić information content (AvgIpc) is 2.81. The summed E-state index contributed by atoms with van der Waals surface area (Å²) >= 11 is 0. The van der Waals surface area contributed by atoms with Gasteiger partial charge in [-0.25, -0.2) is 8.42 Å². The molecule has 1 N–H and O–H groups in total. The highest BCUT2D eigenvalue weighted by atomic mass is 32.2. The molecule has 0 unspecified atom stereocenters. The Kier molecular flexibility index (Phi) is 8.07. The summed E-state index contributed by atoms with van der Waals surface area (Å²) in [6, 6.07) is 13.8. The monoisotopic (exact) mass is 499 g/mol. The van der Waals surface area contributed by atoms with Gasteiger partial charge in [0.1, 0.15) is 6.04 Å². The van der Waals surface area contributed by atoms with Crippen molar-refractivity contribution >= 4 is 21.8 Å². The topological polar surface area (TPSA) is 86.8 Å². The predicted molar refractivity (Wildman–Crippen MR) is 137 cm³/mol. The second-order valence-electron chi connectivity index (χ2n) is 10.5. The summed E-state index contributed by atoms with van der Waals surface area (Å²) in [6.45, 7) is 12.5. The Hall–Kier alpha value is -2.71. The van der Waals surface area contributed by atoms with Crippen LogP contribution in [0.15, 0.2) is 53.4 Å². The van der Waals surface area contributed by atoms with Gasteiger partial charge in [-0.1, -0.05) is 71.0 Å². The number of carbonyl (C=O) groups excluding carboxylic acids is 2. The Morgan fingerprint density at radius 1 is 1.00 bits per heavy atom. The van der Waals surface area contributed by atoms with Crippen LogP contribution in [0.4, 0.5) is 0 Å². The summed E-state index contributed by atoms with van der Waals surface area (Å²) in [6.07, 6.45) is 0. The standard InChI is InChI=1S/C27H37N3O4S/c1-19(2)22-9-7-21(8-10-22)17-28-26(32)25-18-29(20(3)31)15-16-30(25)35(33,34)24-13-11-23(12-14-24)27(4,5)6/h7-14,19,25H,15-18H2,1-6H3,(H,28,32)/t25-/m1/s1. The molecule has 2 amide bonds. The van der Waals surface area contributed by atoms with E-state index in [0.29, 0.717) is 5.92 Å². The van der Waals surface area contributed by atoms with Gasteiger partial charge in [0.15, 0.2) is 0 Å². The molecule has 7 nitrogen and oxygen atoms in total. The fourth-order valence-electron chi connectivity index (χ4n) is 4.14. The zero-order valence-corrected chi connectivity index (χ0v) is 22.4. The minimum absolute atomic E-state index is 0.0206. The lowest BCUT2D eigenvalue weighted by molar-refractivity contribution is -0.134. The van der Waals surface area contributed by atoms with Gasteiger partial charge < -0.3 is 10.2 Å². The Morgan fingerprint density at radius 3 is 2.11 bits per heavy atom. The molecular weight excluding hydrogens is 462 g/mol. The van der Waals surface area contributed by atoms with Crippen molar-refractivity contribution in [2.24, 2.45) is 0 Å². The van der Waals surface area contributed by atoms with Gasteiger partial charge in [-0.15, -0.1) is 0 Å². The summed E-state index contributed by atoms with van der Waals surface area (Å²) < 4.78 is 28.3. The SMILES string of the molecule is CC(=O)N1CCN(S(=O)(=O)c2ccc(C(C)(C)C)cc2)[C@@H](C(=O)NCc2ccc(C(C)C)cc2)C1. The van der Waals surface area contributed by atoms with Crippen LogP contribution in [0.25, 0.3) is 0 Å². The summed E-state index contributed by atoms with van der Waals surface area (Å²) in [5, 5.41) is 2.88. The maximum Gasteiger partial charge on any atom is 0.243 e. The number of rotatable bonds is 6. The van der Waals surface area contributed by atoms with Crippen molar-refractivity contribution in [3.8, 4) is 0 Å². The van der Waals surface area contributed by atoms with Crippen LogP contribution < -0.4 is 5.32 Å². The van der Waals surface area contributed by atoms with E-state index in [1.54, 1.807) is 12.1 Å². The average molecular weight is 500 g/mol. The van der Waals surface area contributed by atoms with E-state index in [1.807, 2.05) is 36.4 Å². The van der Waals surface area contributed by atoms with Crippen LogP contribution in [0.1, 0.15) is 64.2 Å². The van der Waals surface area contributed by atoms with Gasteiger partial charge >= 0.3 is 0 Å². The van der Waals surface area contributed by atoms with E-state index in [4.69, 9.17) is 0 Å². The van der Waals surface area contributed by atoms with Crippen molar-refractivity contribution in [3.05, 3.63) is 65.2 Å². The van der Waals surface area contributed by atoms with E-state index in [-0.39, 0.29) is 42.4 Å². The first-order valence-corrected chi connectivity index (χ1v) is 13.5. The molecule has 0 radical (unpaired) electrons. The van der Waals surface area contributed by atoms with Gasteiger partial charge in [0.2, 0.25) is 21.8 Å². The smallest absolute Gasteiger partial charge is 0.243 e. The van der Waals surface area contributed by atoms with Gasteiger partial charge in [0.05, 0.1) is 4.90 Å². The number of nitrogens with zero attached hydrogens (tertiary/aromatic N) is 2. The van der Waals surface area contributed by atoms with Gasteiger partial charge in [0, 0.05) is 33.1 Å². The Morgan fingerprint density at radius 2 is 1.60 bits per heavy atom. The molecule has 1 atom stereocenters. The van der Waals surface area contributed by atoms with Crippen molar-refractivity contribution in [2.45, 2.75) is 70.4 Å². The van der Waals surface area contributed by atoms with Crippen LogP contribution in [-0.2, 0) is 31.6 Å². The highest BCUT2D eigenvalue weighted by Gasteiger charge is 2.40. The maximum absolute atomic E-state index is 13.6. The van der Waals surface area contributed by atoms with Gasteiger partial charge in [0.25, 0.3) is 0 Å². The van der Waals surface area contributed by atoms with Crippen molar-refractivity contribution < 1.29 is 18.0 Å². The molecule has 1 aliphatic heterocycles. The van der Waals surface area contributed by atoms with Crippen LogP contribution in [-0.4, -0.2) is 55.1 Å². The molecule has 8 heteroatoms. The molecule has 3 rings (SSSR count). The summed E-state index contributed by atoms with van der Waals surface area (Å²) in [4.78, 5) is 26.9. The minimum atomic E-state index is -3.93. The van der Waals surface area contributed by atoms with Crippen molar-refractivity contribution in [2.75, 3.05) is 19.6 Å². The van der Waals surface area contributed by atoms with Gasteiger partial charge in [-0.2, -0.15) is 4.31 Å². The van der Waals surface area contributed by atoms with Crippen LogP contribution >= 0.6 is 0 Å². The predicted octanol–water partition coefficient (Wildman–Crippen LogP) is 3.65. The van der Waals surface area contributed by atoms with Crippen molar-refractivity contribution in [1.82, 2.24) is 14.5 Å². The number of hydrogen-bond acceptors (Lipinski definition) is 4. The van der Waals surface area contributed by atoms with Gasteiger partial charge in [-0.3, -0.25) is 9.59 Å². The lowest BCUT2D eigenvalue weighted by atomic mass is 9.87. The largest absolute Gasteiger partial charge is 0.351 e. The Labute approximate surface area is 209 Å². The molecular formula is C27H37N3O4S. The van der Waals surface area contributed by atoms with Crippen molar-refractivity contribution in [1.29, 1.82) is 0 Å². The van der Waals surface area contributed by atoms with E-state index in [2.05, 4.69) is 39.9 Å². The number of amides is 2. The van der Waals surface area contributed by atoms with E-state index in [1.165, 1.54) is 21.7 Å². The molecule has 1 heterocycles. The molecule has 1 fully saturated rings. The Balaban J connectivity index is 1.82. The molecule has 190 valence electrons. The fraction of sp³-hybridized carbons (Fsp3) is 0.481. The second-order valence-corrected chi connectivity index (χ2v) is 12.4. The second kappa shape index (κ2) is 10.5. The molecule has 35 heavy (non-hydrogen) atoms. The number of nitrogens with one attached hydrogen (secondary N) is 1. The maximum atomic E-state index is 13.6. The fourth-order valence-corrected chi connectivity index (χ4v) is 5.71. The van der Waals surface area contributed by atoms with Crippen LogP contribution in [0.2, 0.25) is 0 Å². The van der Waals surface area contributed by atoms with Crippen molar-refractivity contribution in [3.63, 3.8) is 0 Å². The molecule has 0 spiro atoms. The lowest BCUT2D eigenvalue weighted by Gasteiger charge is -2.39. The van der Waals surface area contributed by atoms with E-state index in [9.17, 15) is 18.0 Å². The number of sulfonamides is 1. The number of hydrogen-bond donors (Lipinski definition) is 1. The summed E-state index contributed by atoms with van der Waals surface area (Å²) in [5.41, 5.74) is 3.05. The van der Waals surface area contributed by atoms with Crippen LogP contribution in [0.5, 0.6) is 0 Å². The van der Waals surface area contributed by atoms with E-state index >= 15 is 0 Å². The molecule has 0 bridgehead atoms. The van der Waals surface area contributed by atoms with E-state index < -0.39 is 22.0 Å². The molecule has 0 saturated carbocycles. The molecule has 2 aromatic carbocycles. The molecule has 0 aromatic heterocycles. The number of piperazine rings is 1. The highest BCUT2D eigenvalue weighted by molar-refractivity contribution is 7.89. The number of carbonyl (C=O) groups is 2. The first-order chi connectivity index (χ1) is 16.3. The normalized spacial score (nSPS) is 17.5. The van der Waals surface area contributed by atoms with E-state index in [0.717, 1.165) is 11.1 Å². The number of benzene rings is 2. The van der Waals surface area contributed by atoms with Gasteiger partial charge in [-0.05, 0) is 40.2 Å². The lowest BCUT2D eigenvalue weighted by Crippen LogP contribution is -2.61. The zero-order valence-electron chi connectivity index (χ0n) is 21.5. The quantitative estimate of drug-likeness (QED) is 0.657. The third-order valence-corrected chi connectivity index (χ3v) is 8.44. The Bertz CT molecular complexity index is 1150. The molecule has 1 aliphatic rings. The highest BCUT2D eigenvalue weighted by Crippen LogP contribution is 2.26. The molecule has 2 aromatic rings. The summed E-state index contributed by atoms with van der Waals surface area (Å²) in [7, 11) is -3.93. The zero-order chi connectivity index (χ0) is 26.0. The minimum Gasteiger partial charge on any atom is -0.351 e. The molecule has 1 saturated heterocycles. The van der Waals surface area contributed by atoms with Crippen LogP contribution in [0, 0.1) is 0 Å². The third kappa shape index (κ3) is 6.30. The third-order valence-electron chi connectivity index (χ3n) is 6.52. The molecule has 0 aliphatic carbocycles. The first-order valence-electron chi connectivity index (χ1n) is 12.0.